The van der Waals surface area contributed by atoms with Crippen molar-refractivity contribution in [2.45, 2.75) is 0 Å². The van der Waals surface area contributed by atoms with E-state index in [1.807, 2.05) is 0 Å². The molecule has 0 fully saturated rings. The molecule has 0 radical (unpaired) electrons. The number of ether oxygens (including phenoxy) is 1. The van der Waals surface area contributed by atoms with Gasteiger partial charge in [-0.15, -0.1) is 0 Å². The fraction of sp³-hybridized carbons (Fsp3) is 0.500. The van der Waals surface area contributed by atoms with Gasteiger partial charge >= 0.3 is 0 Å². The first-order valence-corrected chi connectivity index (χ1v) is 6.05. The highest BCUT2D eigenvalue weighted by molar-refractivity contribution is 5.37. The minimum Gasteiger partial charge on any atom is -0.394 e. The van der Waals surface area contributed by atoms with Crippen molar-refractivity contribution in [3.8, 4) is 5.95 Å². The standard InChI is InChI=1S/C10H16N8O2/c1-11-8-15-9(13-2-4-20-5-3-19)17-10(16-8)18-7-12-6-14-18/h6-7,19H,2-5H2,1H3,(H2,11,13,15,16,17). The maximum Gasteiger partial charge on any atom is 0.258 e. The molecule has 20 heavy (non-hydrogen) atoms. The van der Waals surface area contributed by atoms with E-state index in [-0.39, 0.29) is 6.61 Å². The second kappa shape index (κ2) is 7.31. The van der Waals surface area contributed by atoms with Crippen molar-refractivity contribution in [1.29, 1.82) is 0 Å². The van der Waals surface area contributed by atoms with Crippen molar-refractivity contribution < 1.29 is 9.84 Å². The molecule has 0 saturated heterocycles. The highest BCUT2D eigenvalue weighted by Crippen LogP contribution is 2.07. The van der Waals surface area contributed by atoms with Crippen LogP contribution in [-0.2, 0) is 4.74 Å². The van der Waals surface area contributed by atoms with Gasteiger partial charge in [-0.05, 0) is 0 Å². The van der Waals surface area contributed by atoms with Crippen LogP contribution in [0.3, 0.4) is 0 Å². The number of aromatic nitrogens is 6. The van der Waals surface area contributed by atoms with Gasteiger partial charge in [-0.1, -0.05) is 0 Å². The van der Waals surface area contributed by atoms with E-state index >= 15 is 0 Å². The van der Waals surface area contributed by atoms with Crippen molar-refractivity contribution in [2.24, 2.45) is 0 Å². The van der Waals surface area contributed by atoms with Crippen LogP contribution in [0.5, 0.6) is 0 Å². The Labute approximate surface area is 115 Å². The van der Waals surface area contributed by atoms with Crippen molar-refractivity contribution in [1.82, 2.24) is 29.7 Å². The van der Waals surface area contributed by atoms with Gasteiger partial charge in [0, 0.05) is 13.6 Å². The van der Waals surface area contributed by atoms with Gasteiger partial charge in [-0.25, -0.2) is 4.98 Å². The van der Waals surface area contributed by atoms with E-state index in [0.717, 1.165) is 0 Å². The highest BCUT2D eigenvalue weighted by Gasteiger charge is 2.07. The molecule has 2 aromatic rings. The molecule has 0 bridgehead atoms. The Morgan fingerprint density at radius 1 is 1.25 bits per heavy atom. The van der Waals surface area contributed by atoms with Gasteiger partial charge in [0.25, 0.3) is 5.95 Å². The number of nitrogens with one attached hydrogen (secondary N) is 2. The number of aliphatic hydroxyl groups is 1. The van der Waals surface area contributed by atoms with E-state index in [0.29, 0.717) is 37.6 Å². The minimum absolute atomic E-state index is 0.00606. The largest absolute Gasteiger partial charge is 0.394 e. The number of anilines is 2. The van der Waals surface area contributed by atoms with E-state index in [4.69, 9.17) is 9.84 Å². The number of rotatable bonds is 8. The third kappa shape index (κ3) is 3.83. The first-order chi connectivity index (χ1) is 9.83. The Hall–Kier alpha value is -2.33. The lowest BCUT2D eigenvalue weighted by molar-refractivity contribution is 0.0991. The summed E-state index contributed by atoms with van der Waals surface area (Å²) in [4.78, 5) is 16.4. The summed E-state index contributed by atoms with van der Waals surface area (Å²) in [7, 11) is 1.72. The molecule has 0 spiro atoms. The molecule has 0 atom stereocenters. The zero-order chi connectivity index (χ0) is 14.2. The minimum atomic E-state index is 0.00606. The van der Waals surface area contributed by atoms with Gasteiger partial charge in [0.15, 0.2) is 0 Å². The van der Waals surface area contributed by atoms with Crippen LogP contribution >= 0.6 is 0 Å². The van der Waals surface area contributed by atoms with Crippen molar-refractivity contribution in [3.63, 3.8) is 0 Å². The monoisotopic (exact) mass is 280 g/mol. The second-order valence-electron chi connectivity index (χ2n) is 3.64. The SMILES string of the molecule is CNc1nc(NCCOCCO)nc(-n2cncn2)n1. The molecule has 0 unspecified atom stereocenters. The van der Waals surface area contributed by atoms with Gasteiger partial charge < -0.3 is 20.5 Å². The van der Waals surface area contributed by atoms with Gasteiger partial charge in [0.2, 0.25) is 11.9 Å². The first-order valence-electron chi connectivity index (χ1n) is 6.05. The zero-order valence-electron chi connectivity index (χ0n) is 11.0. The second-order valence-corrected chi connectivity index (χ2v) is 3.64. The van der Waals surface area contributed by atoms with E-state index in [2.05, 4.69) is 35.7 Å². The maximum absolute atomic E-state index is 8.59. The van der Waals surface area contributed by atoms with Gasteiger partial charge in [0.05, 0.1) is 19.8 Å². The molecule has 10 nitrogen and oxygen atoms in total. The summed E-state index contributed by atoms with van der Waals surface area (Å²) >= 11 is 0. The lowest BCUT2D eigenvalue weighted by Gasteiger charge is -2.08. The fourth-order valence-corrected chi connectivity index (χ4v) is 1.37. The zero-order valence-corrected chi connectivity index (χ0v) is 11.0. The number of aliphatic hydroxyl groups excluding tert-OH is 1. The van der Waals surface area contributed by atoms with Crippen molar-refractivity contribution >= 4 is 11.9 Å². The summed E-state index contributed by atoms with van der Waals surface area (Å²) in [5, 5.41) is 18.4. The Kier molecular flexibility index (Phi) is 5.15. The number of hydrogen-bond acceptors (Lipinski definition) is 9. The first kappa shape index (κ1) is 14.1. The van der Waals surface area contributed by atoms with Crippen LogP contribution in [0.1, 0.15) is 0 Å². The summed E-state index contributed by atoms with van der Waals surface area (Å²) in [6, 6.07) is 0. The Balaban J connectivity index is 2.03. The average Bonchev–Trinajstić information content (AvgIpc) is 3.01. The Morgan fingerprint density at radius 3 is 2.80 bits per heavy atom. The third-order valence-electron chi connectivity index (χ3n) is 2.24. The van der Waals surface area contributed by atoms with Crippen LogP contribution in [-0.4, -0.2) is 68.2 Å². The molecule has 2 rings (SSSR count). The van der Waals surface area contributed by atoms with Crippen LogP contribution in [0.25, 0.3) is 5.95 Å². The summed E-state index contributed by atoms with van der Waals surface area (Å²) in [5.41, 5.74) is 0. The fourth-order valence-electron chi connectivity index (χ4n) is 1.37. The molecule has 2 aromatic heterocycles. The van der Waals surface area contributed by atoms with Crippen LogP contribution in [0, 0.1) is 0 Å². The smallest absolute Gasteiger partial charge is 0.258 e. The Bertz CT molecular complexity index is 518. The molecular weight excluding hydrogens is 264 g/mol. The van der Waals surface area contributed by atoms with Crippen LogP contribution in [0.4, 0.5) is 11.9 Å². The Morgan fingerprint density at radius 2 is 2.10 bits per heavy atom. The molecular formula is C10H16N8O2. The molecule has 0 aromatic carbocycles. The predicted molar refractivity (Wildman–Crippen MR) is 70.7 cm³/mol. The van der Waals surface area contributed by atoms with E-state index < -0.39 is 0 Å². The number of nitrogens with zero attached hydrogens (tertiary/aromatic N) is 6. The van der Waals surface area contributed by atoms with Gasteiger partial charge in [0.1, 0.15) is 12.7 Å². The van der Waals surface area contributed by atoms with Gasteiger partial charge in [-0.2, -0.15) is 24.7 Å². The summed E-state index contributed by atoms with van der Waals surface area (Å²) in [6.07, 6.45) is 2.90. The molecule has 108 valence electrons. The predicted octanol–water partition coefficient (Wildman–Crippen LogP) is -1.09. The average molecular weight is 280 g/mol. The molecule has 0 saturated carbocycles. The molecule has 0 aliphatic rings. The number of hydrogen-bond donors (Lipinski definition) is 3. The summed E-state index contributed by atoms with van der Waals surface area (Å²) in [6.45, 7) is 1.28. The lowest BCUT2D eigenvalue weighted by Crippen LogP contribution is -2.15. The van der Waals surface area contributed by atoms with Crippen molar-refractivity contribution in [2.75, 3.05) is 44.0 Å². The quantitative estimate of drug-likeness (QED) is 0.518. The normalized spacial score (nSPS) is 10.5. The van der Waals surface area contributed by atoms with Gasteiger partial charge in [-0.3, -0.25) is 0 Å². The van der Waals surface area contributed by atoms with Crippen LogP contribution in [0.15, 0.2) is 12.7 Å². The third-order valence-corrected chi connectivity index (χ3v) is 2.24. The molecule has 0 aliphatic carbocycles. The van der Waals surface area contributed by atoms with Crippen molar-refractivity contribution in [3.05, 3.63) is 12.7 Å². The summed E-state index contributed by atoms with van der Waals surface area (Å²) < 4.78 is 6.58. The molecule has 2 heterocycles. The van der Waals surface area contributed by atoms with E-state index in [9.17, 15) is 0 Å². The molecule has 10 heteroatoms. The molecule has 0 amide bonds. The molecule has 3 N–H and O–H groups in total. The topological polar surface area (TPSA) is 123 Å². The molecule has 0 aliphatic heterocycles. The van der Waals surface area contributed by atoms with Crippen LogP contribution < -0.4 is 10.6 Å². The van der Waals surface area contributed by atoms with Crippen LogP contribution in [0.2, 0.25) is 0 Å². The van der Waals surface area contributed by atoms with E-state index in [1.54, 1.807) is 7.05 Å². The van der Waals surface area contributed by atoms with E-state index in [1.165, 1.54) is 17.3 Å². The summed E-state index contributed by atoms with van der Waals surface area (Å²) in [5.74, 6) is 1.19. The highest BCUT2D eigenvalue weighted by atomic mass is 16.5. The lowest BCUT2D eigenvalue weighted by atomic mass is 10.6. The maximum atomic E-state index is 8.59.